The van der Waals surface area contributed by atoms with Gasteiger partial charge in [0.1, 0.15) is 12.4 Å². The number of aromatic nitrogens is 1. The molecule has 1 aromatic carbocycles. The van der Waals surface area contributed by atoms with Gasteiger partial charge in [-0.3, -0.25) is 9.78 Å². The number of hydrogen-bond donors (Lipinski definition) is 1. The molecule has 0 unspecified atom stereocenters. The fourth-order valence-corrected chi connectivity index (χ4v) is 1.67. The van der Waals surface area contributed by atoms with E-state index in [0.29, 0.717) is 35.4 Å². The van der Waals surface area contributed by atoms with Crippen LogP contribution in [0.15, 0.2) is 30.5 Å². The minimum atomic E-state index is -0.476. The third kappa shape index (κ3) is 2.57. The number of carbonyl (C=O) groups excluding carboxylic acids is 1. The third-order valence-corrected chi connectivity index (χ3v) is 2.53. The molecule has 0 atom stereocenters. The summed E-state index contributed by atoms with van der Waals surface area (Å²) >= 11 is 0. The molecule has 1 heterocycles. The molecule has 0 aliphatic rings. The number of amides is 1. The van der Waals surface area contributed by atoms with Gasteiger partial charge in [0.15, 0.2) is 0 Å². The zero-order valence-corrected chi connectivity index (χ0v) is 10.1. The van der Waals surface area contributed by atoms with E-state index in [1.54, 1.807) is 37.6 Å². The van der Waals surface area contributed by atoms with Crippen molar-refractivity contribution in [2.45, 2.75) is 0 Å². The maximum Gasteiger partial charge on any atom is 0.249 e. The molecule has 0 bridgehead atoms. The van der Waals surface area contributed by atoms with Crippen LogP contribution in [0, 0.1) is 0 Å². The Kier molecular flexibility index (Phi) is 3.74. The van der Waals surface area contributed by atoms with Crippen LogP contribution in [-0.4, -0.2) is 31.2 Å². The Hall–Kier alpha value is -2.14. The summed E-state index contributed by atoms with van der Waals surface area (Å²) in [7, 11) is 1.61. The van der Waals surface area contributed by atoms with Crippen LogP contribution in [0.5, 0.6) is 5.75 Å². The van der Waals surface area contributed by atoms with Gasteiger partial charge < -0.3 is 15.2 Å². The van der Waals surface area contributed by atoms with Crippen LogP contribution >= 0.6 is 0 Å². The Bertz CT molecular complexity index is 569. The largest absolute Gasteiger partial charge is 0.491 e. The highest BCUT2D eigenvalue weighted by Crippen LogP contribution is 2.22. The molecular formula is C13H14N2O3. The second-order valence-electron chi connectivity index (χ2n) is 3.74. The van der Waals surface area contributed by atoms with E-state index in [-0.39, 0.29) is 0 Å². The molecule has 1 aromatic heterocycles. The fraction of sp³-hybridized carbons (Fsp3) is 0.231. The van der Waals surface area contributed by atoms with E-state index in [1.165, 1.54) is 0 Å². The lowest BCUT2D eigenvalue weighted by Gasteiger charge is -2.07. The number of hydrogen-bond acceptors (Lipinski definition) is 4. The summed E-state index contributed by atoms with van der Waals surface area (Å²) in [4.78, 5) is 15.5. The summed E-state index contributed by atoms with van der Waals surface area (Å²) in [5.41, 5.74) is 6.48. The van der Waals surface area contributed by atoms with Gasteiger partial charge in [-0.2, -0.15) is 0 Å². The summed E-state index contributed by atoms with van der Waals surface area (Å²) in [5, 5.41) is 0.694. The molecular weight excluding hydrogens is 232 g/mol. The molecule has 5 nitrogen and oxygen atoms in total. The lowest BCUT2D eigenvalue weighted by atomic mass is 10.1. The van der Waals surface area contributed by atoms with Gasteiger partial charge in [-0.1, -0.05) is 0 Å². The van der Waals surface area contributed by atoms with Gasteiger partial charge in [0.05, 0.1) is 17.7 Å². The molecule has 0 aliphatic heterocycles. The lowest BCUT2D eigenvalue weighted by molar-refractivity contribution is 0.100. The van der Waals surface area contributed by atoms with Crippen LogP contribution in [0.1, 0.15) is 10.4 Å². The first-order chi connectivity index (χ1) is 8.72. The van der Waals surface area contributed by atoms with Crippen LogP contribution < -0.4 is 10.5 Å². The van der Waals surface area contributed by atoms with E-state index in [9.17, 15) is 4.79 Å². The van der Waals surface area contributed by atoms with Crippen LogP contribution in [0.25, 0.3) is 10.9 Å². The Balaban J connectivity index is 2.36. The molecule has 2 aromatic rings. The molecule has 94 valence electrons. The fourth-order valence-electron chi connectivity index (χ4n) is 1.67. The Labute approximate surface area is 105 Å². The summed E-state index contributed by atoms with van der Waals surface area (Å²) in [5.74, 6) is 0.187. The molecule has 0 radical (unpaired) electrons. The molecule has 0 spiro atoms. The summed E-state index contributed by atoms with van der Waals surface area (Å²) in [6.45, 7) is 0.960. The molecule has 18 heavy (non-hydrogen) atoms. The Morgan fingerprint density at radius 1 is 1.33 bits per heavy atom. The van der Waals surface area contributed by atoms with Crippen molar-refractivity contribution in [3.8, 4) is 5.75 Å². The van der Waals surface area contributed by atoms with Crippen LogP contribution in [0.2, 0.25) is 0 Å². The molecule has 0 aliphatic carbocycles. The van der Waals surface area contributed by atoms with Gasteiger partial charge in [-0.15, -0.1) is 0 Å². The Morgan fingerprint density at radius 2 is 2.17 bits per heavy atom. The van der Waals surface area contributed by atoms with Crippen molar-refractivity contribution in [1.29, 1.82) is 0 Å². The zero-order chi connectivity index (χ0) is 13.0. The number of carbonyl (C=O) groups is 1. The highest BCUT2D eigenvalue weighted by Gasteiger charge is 2.08. The van der Waals surface area contributed by atoms with Gasteiger partial charge >= 0.3 is 0 Å². The van der Waals surface area contributed by atoms with Crippen LogP contribution in [-0.2, 0) is 4.74 Å². The highest BCUT2D eigenvalue weighted by atomic mass is 16.5. The van der Waals surface area contributed by atoms with Crippen molar-refractivity contribution >= 4 is 16.8 Å². The number of rotatable bonds is 5. The minimum Gasteiger partial charge on any atom is -0.491 e. The van der Waals surface area contributed by atoms with Gasteiger partial charge in [0, 0.05) is 18.7 Å². The van der Waals surface area contributed by atoms with Crippen molar-refractivity contribution in [1.82, 2.24) is 4.98 Å². The summed E-state index contributed by atoms with van der Waals surface area (Å²) < 4.78 is 10.4. The molecule has 0 fully saturated rings. The number of ether oxygens (including phenoxy) is 2. The normalized spacial score (nSPS) is 10.5. The van der Waals surface area contributed by atoms with E-state index in [4.69, 9.17) is 15.2 Å². The topological polar surface area (TPSA) is 74.4 Å². The van der Waals surface area contributed by atoms with Crippen LogP contribution in [0.4, 0.5) is 0 Å². The molecule has 0 saturated carbocycles. The number of nitrogens with zero attached hydrogens (tertiary/aromatic N) is 1. The molecule has 5 heteroatoms. The van der Waals surface area contributed by atoms with E-state index in [2.05, 4.69) is 4.98 Å². The number of methoxy groups -OCH3 is 1. The second-order valence-corrected chi connectivity index (χ2v) is 3.74. The molecule has 0 saturated heterocycles. The van der Waals surface area contributed by atoms with E-state index >= 15 is 0 Å². The third-order valence-electron chi connectivity index (χ3n) is 2.53. The van der Waals surface area contributed by atoms with Gasteiger partial charge in [-0.05, 0) is 24.3 Å². The minimum absolute atomic E-state index is 0.442. The average molecular weight is 246 g/mol. The molecule has 2 N–H and O–H groups in total. The summed E-state index contributed by atoms with van der Waals surface area (Å²) in [6, 6.07) is 6.96. The van der Waals surface area contributed by atoms with Gasteiger partial charge in [0.2, 0.25) is 5.91 Å². The van der Waals surface area contributed by atoms with Crippen molar-refractivity contribution < 1.29 is 14.3 Å². The maximum atomic E-state index is 11.3. The van der Waals surface area contributed by atoms with Crippen molar-refractivity contribution in [2.24, 2.45) is 5.73 Å². The second kappa shape index (κ2) is 5.46. The molecule has 2 rings (SSSR count). The summed E-state index contributed by atoms with van der Waals surface area (Å²) in [6.07, 6.45) is 1.56. The predicted molar refractivity (Wildman–Crippen MR) is 67.6 cm³/mol. The Morgan fingerprint density at radius 3 is 2.89 bits per heavy atom. The van der Waals surface area contributed by atoms with Gasteiger partial charge in [-0.25, -0.2) is 0 Å². The highest BCUT2D eigenvalue weighted by molar-refractivity contribution is 6.05. The number of nitrogens with two attached hydrogens (primary N) is 1. The van der Waals surface area contributed by atoms with Crippen LogP contribution in [0.3, 0.4) is 0 Å². The quantitative estimate of drug-likeness (QED) is 0.808. The lowest BCUT2D eigenvalue weighted by Crippen LogP contribution is -2.11. The van der Waals surface area contributed by atoms with E-state index in [0.717, 1.165) is 0 Å². The monoisotopic (exact) mass is 246 g/mol. The predicted octanol–water partition coefficient (Wildman–Crippen LogP) is 1.36. The smallest absolute Gasteiger partial charge is 0.249 e. The van der Waals surface area contributed by atoms with Crippen molar-refractivity contribution in [3.63, 3.8) is 0 Å². The molecule has 1 amide bonds. The zero-order valence-electron chi connectivity index (χ0n) is 10.1. The number of benzene rings is 1. The SMILES string of the molecule is COCCOc1ccc2nccc(C(N)=O)c2c1. The van der Waals surface area contributed by atoms with E-state index in [1.807, 2.05) is 0 Å². The first-order valence-corrected chi connectivity index (χ1v) is 5.52. The van der Waals surface area contributed by atoms with E-state index < -0.39 is 5.91 Å². The van der Waals surface area contributed by atoms with Crippen molar-refractivity contribution in [3.05, 3.63) is 36.0 Å². The first-order valence-electron chi connectivity index (χ1n) is 5.52. The van der Waals surface area contributed by atoms with Gasteiger partial charge in [0.25, 0.3) is 0 Å². The van der Waals surface area contributed by atoms with Crippen molar-refractivity contribution in [2.75, 3.05) is 20.3 Å². The standard InChI is InChI=1S/C13H14N2O3/c1-17-6-7-18-9-2-3-12-11(8-9)10(13(14)16)4-5-15-12/h2-5,8H,6-7H2,1H3,(H2,14,16). The first kappa shape index (κ1) is 12.3. The number of primary amides is 1. The maximum absolute atomic E-state index is 11.3. The number of fused-ring (bicyclic) bond motifs is 1. The number of pyridine rings is 1. The average Bonchev–Trinajstić information content (AvgIpc) is 2.38.